The van der Waals surface area contributed by atoms with Gasteiger partial charge in [-0.3, -0.25) is 19.9 Å². The van der Waals surface area contributed by atoms with Crippen molar-refractivity contribution in [3.8, 4) is 0 Å². The second-order valence-electron chi connectivity index (χ2n) is 11.1. The molecule has 3 heterocycles. The molecule has 1 aromatic heterocycles. The Morgan fingerprint density at radius 3 is 2.62 bits per heavy atom. The Bertz CT molecular complexity index is 1350. The van der Waals surface area contributed by atoms with Crippen LogP contribution in [-0.2, 0) is 20.9 Å². The molecule has 37 heavy (non-hydrogen) atoms. The lowest BCUT2D eigenvalue weighted by Crippen LogP contribution is -2.58. The molecule has 2 aliphatic heterocycles. The Hall–Kier alpha value is -3.52. The molecule has 0 bridgehead atoms. The fraction of sp³-hybridized carbons (Fsp3) is 0.448. The van der Waals surface area contributed by atoms with Gasteiger partial charge in [0, 0.05) is 17.6 Å². The minimum atomic E-state index is -1.12. The highest BCUT2D eigenvalue weighted by atomic mass is 16.5. The number of hydrogen-bond donors (Lipinski definition) is 2. The van der Waals surface area contributed by atoms with Gasteiger partial charge in [-0.1, -0.05) is 36.4 Å². The first-order valence-electron chi connectivity index (χ1n) is 12.8. The zero-order valence-electron chi connectivity index (χ0n) is 21.9. The van der Waals surface area contributed by atoms with Crippen molar-refractivity contribution < 1.29 is 19.1 Å². The summed E-state index contributed by atoms with van der Waals surface area (Å²) in [5.74, 6) is -0.424. The Labute approximate surface area is 217 Å². The van der Waals surface area contributed by atoms with Gasteiger partial charge in [0.1, 0.15) is 5.54 Å². The molecule has 0 saturated carbocycles. The summed E-state index contributed by atoms with van der Waals surface area (Å²) in [4.78, 5) is 44.0. The molecule has 194 valence electrons. The maximum atomic E-state index is 13.7. The highest BCUT2D eigenvalue weighted by Gasteiger charge is 2.48. The first-order chi connectivity index (χ1) is 17.5. The van der Waals surface area contributed by atoms with Crippen LogP contribution in [0.2, 0.25) is 0 Å². The predicted molar refractivity (Wildman–Crippen MR) is 141 cm³/mol. The van der Waals surface area contributed by atoms with Gasteiger partial charge in [0.25, 0.3) is 5.91 Å². The lowest BCUT2D eigenvalue weighted by molar-refractivity contribution is -0.144. The van der Waals surface area contributed by atoms with Crippen LogP contribution in [0.4, 0.5) is 4.79 Å². The number of likely N-dealkylation sites (tertiary alicyclic amines) is 1. The molecule has 2 saturated heterocycles. The van der Waals surface area contributed by atoms with Gasteiger partial charge in [-0.2, -0.15) is 0 Å². The van der Waals surface area contributed by atoms with E-state index in [0.717, 1.165) is 40.6 Å². The summed E-state index contributed by atoms with van der Waals surface area (Å²) in [5.41, 5.74) is 1.70. The second kappa shape index (κ2) is 9.10. The van der Waals surface area contributed by atoms with Crippen molar-refractivity contribution in [1.29, 1.82) is 0 Å². The fourth-order valence-electron chi connectivity index (χ4n) is 5.66. The molecule has 1 aliphatic carbocycles. The van der Waals surface area contributed by atoms with Gasteiger partial charge < -0.3 is 15.0 Å². The standard InChI is InChI=1S/C29H34N4O4/c1-19-16-20(22-8-5-6-9-23(22)30-19)17-37-27(2)13-10-21(11-14-27)28(3)12-7-15-33(25(28)35)18-29(4)24(34)31-26(36)32-29/h5-6,8-11,13,16H,7,12,14-15,17-18H2,1-4H3,(H2,31,32,34,36). The Morgan fingerprint density at radius 1 is 1.14 bits per heavy atom. The highest BCUT2D eigenvalue weighted by Crippen LogP contribution is 2.42. The number of carbonyl (C=O) groups excluding carboxylic acids is 3. The Morgan fingerprint density at radius 2 is 1.92 bits per heavy atom. The van der Waals surface area contributed by atoms with Crippen LogP contribution in [-0.4, -0.2) is 52.0 Å². The van der Waals surface area contributed by atoms with Crippen LogP contribution >= 0.6 is 0 Å². The van der Waals surface area contributed by atoms with Crippen molar-refractivity contribution in [1.82, 2.24) is 20.5 Å². The number of benzene rings is 1. The number of nitrogens with one attached hydrogen (secondary N) is 2. The molecule has 4 amide bonds. The molecule has 2 N–H and O–H groups in total. The molecular weight excluding hydrogens is 468 g/mol. The van der Waals surface area contributed by atoms with Gasteiger partial charge in [0.05, 0.1) is 29.7 Å². The number of hydrogen-bond acceptors (Lipinski definition) is 5. The molecule has 2 aromatic rings. The average Bonchev–Trinajstić information content (AvgIpc) is 3.11. The number of para-hydroxylation sites is 1. The predicted octanol–water partition coefficient (Wildman–Crippen LogP) is 3.93. The SMILES string of the molecule is Cc1cc(COC2(C)C=CC(C3(C)CCCN(CC4(C)NC(=O)NC4=O)C3=O)=CC2)c2ccccc2n1. The first kappa shape index (κ1) is 25.1. The molecule has 3 unspecified atom stereocenters. The van der Waals surface area contributed by atoms with Gasteiger partial charge in [-0.05, 0) is 70.2 Å². The monoisotopic (exact) mass is 502 g/mol. The zero-order valence-corrected chi connectivity index (χ0v) is 21.9. The molecule has 0 spiro atoms. The third-order valence-corrected chi connectivity index (χ3v) is 7.96. The van der Waals surface area contributed by atoms with Gasteiger partial charge in [0.2, 0.25) is 5.91 Å². The molecule has 1 aromatic carbocycles. The summed E-state index contributed by atoms with van der Waals surface area (Å²) in [6, 6.07) is 9.64. The maximum Gasteiger partial charge on any atom is 0.322 e. The number of imide groups is 1. The number of nitrogens with zero attached hydrogens (tertiary/aromatic N) is 2. The van der Waals surface area contributed by atoms with Gasteiger partial charge in [-0.15, -0.1) is 0 Å². The van der Waals surface area contributed by atoms with Crippen LogP contribution in [0.15, 0.2) is 54.1 Å². The topological polar surface area (TPSA) is 101 Å². The molecular formula is C29H34N4O4. The molecule has 0 radical (unpaired) electrons. The molecule has 2 fully saturated rings. The van der Waals surface area contributed by atoms with Crippen molar-refractivity contribution in [2.24, 2.45) is 5.41 Å². The lowest BCUT2D eigenvalue weighted by atomic mass is 9.71. The number of aryl methyl sites for hydroxylation is 1. The number of pyridine rings is 1. The normalized spacial score (nSPS) is 29.9. The first-order valence-corrected chi connectivity index (χ1v) is 12.8. The number of amides is 4. The van der Waals surface area contributed by atoms with E-state index in [4.69, 9.17) is 4.74 Å². The number of rotatable bonds is 6. The fourth-order valence-corrected chi connectivity index (χ4v) is 5.66. The maximum absolute atomic E-state index is 13.7. The quantitative estimate of drug-likeness (QED) is 0.583. The summed E-state index contributed by atoms with van der Waals surface area (Å²) in [5, 5.41) is 6.03. The van der Waals surface area contributed by atoms with Gasteiger partial charge >= 0.3 is 6.03 Å². The van der Waals surface area contributed by atoms with Crippen LogP contribution in [0.1, 0.15) is 51.3 Å². The van der Waals surface area contributed by atoms with E-state index in [0.29, 0.717) is 19.6 Å². The lowest BCUT2D eigenvalue weighted by Gasteiger charge is -2.43. The van der Waals surface area contributed by atoms with E-state index < -0.39 is 28.5 Å². The third kappa shape index (κ3) is 4.66. The summed E-state index contributed by atoms with van der Waals surface area (Å²) in [6.07, 6.45) is 8.40. The van der Waals surface area contributed by atoms with Crippen molar-refractivity contribution in [2.45, 2.75) is 64.7 Å². The zero-order chi connectivity index (χ0) is 26.4. The summed E-state index contributed by atoms with van der Waals surface area (Å²) in [7, 11) is 0. The van der Waals surface area contributed by atoms with Gasteiger partial charge in [0.15, 0.2) is 0 Å². The highest BCUT2D eigenvalue weighted by molar-refractivity contribution is 6.07. The molecule has 5 rings (SSSR count). The number of carbonyl (C=O) groups is 3. The van der Waals surface area contributed by atoms with Crippen LogP contribution in [0, 0.1) is 12.3 Å². The largest absolute Gasteiger partial charge is 0.366 e. The number of aromatic nitrogens is 1. The number of allylic oxidation sites excluding steroid dienone is 1. The van der Waals surface area contributed by atoms with E-state index in [2.05, 4.69) is 46.8 Å². The second-order valence-corrected chi connectivity index (χ2v) is 11.1. The minimum Gasteiger partial charge on any atom is -0.366 e. The van der Waals surface area contributed by atoms with E-state index in [1.807, 2.05) is 38.1 Å². The van der Waals surface area contributed by atoms with Crippen molar-refractivity contribution in [3.63, 3.8) is 0 Å². The number of piperidine rings is 1. The molecule has 3 atom stereocenters. The average molecular weight is 503 g/mol. The van der Waals surface area contributed by atoms with Crippen molar-refractivity contribution in [2.75, 3.05) is 13.1 Å². The van der Waals surface area contributed by atoms with E-state index in [9.17, 15) is 14.4 Å². The summed E-state index contributed by atoms with van der Waals surface area (Å²) >= 11 is 0. The number of ether oxygens (including phenoxy) is 1. The molecule has 3 aliphatic rings. The number of urea groups is 1. The van der Waals surface area contributed by atoms with Gasteiger partial charge in [-0.25, -0.2) is 4.79 Å². The van der Waals surface area contributed by atoms with E-state index >= 15 is 0 Å². The van der Waals surface area contributed by atoms with Crippen LogP contribution < -0.4 is 10.6 Å². The Kier molecular flexibility index (Phi) is 6.18. The van der Waals surface area contributed by atoms with E-state index in [-0.39, 0.29) is 12.5 Å². The van der Waals surface area contributed by atoms with E-state index in [1.165, 1.54) is 0 Å². The smallest absolute Gasteiger partial charge is 0.322 e. The summed E-state index contributed by atoms with van der Waals surface area (Å²) in [6.45, 7) is 8.86. The van der Waals surface area contributed by atoms with Crippen molar-refractivity contribution >= 4 is 28.7 Å². The number of fused-ring (bicyclic) bond motifs is 1. The minimum absolute atomic E-state index is 0.0203. The third-order valence-electron chi connectivity index (χ3n) is 7.96. The molecule has 8 heteroatoms. The Balaban J connectivity index is 1.28. The van der Waals surface area contributed by atoms with Crippen molar-refractivity contribution in [3.05, 3.63) is 65.4 Å². The summed E-state index contributed by atoms with van der Waals surface area (Å²) < 4.78 is 6.42. The van der Waals surface area contributed by atoms with E-state index in [1.54, 1.807) is 11.8 Å². The molecule has 8 nitrogen and oxygen atoms in total. The van der Waals surface area contributed by atoms with Crippen LogP contribution in [0.25, 0.3) is 10.9 Å². The van der Waals surface area contributed by atoms with Crippen LogP contribution in [0.5, 0.6) is 0 Å². The van der Waals surface area contributed by atoms with Crippen LogP contribution in [0.3, 0.4) is 0 Å².